The Morgan fingerprint density at radius 3 is 2.74 bits per heavy atom. The van der Waals surface area contributed by atoms with Crippen LogP contribution in [0.5, 0.6) is 0 Å². The fourth-order valence-electron chi connectivity index (χ4n) is 1.67. The molecular weight excluding hydrogens is 336 g/mol. The molecule has 0 radical (unpaired) electrons. The number of nitrogens with zero attached hydrogens (tertiary/aromatic N) is 1. The van der Waals surface area contributed by atoms with E-state index in [9.17, 15) is 9.59 Å². The van der Waals surface area contributed by atoms with Crippen LogP contribution in [0.4, 0.5) is 5.82 Å². The number of thioether (sulfide) groups is 1. The lowest BCUT2D eigenvalue weighted by Gasteiger charge is -2.07. The molecular formula is C16H15ClN2O3S. The fourth-order valence-corrected chi connectivity index (χ4v) is 2.61. The zero-order chi connectivity index (χ0) is 16.7. The Hall–Kier alpha value is -2.05. The summed E-state index contributed by atoms with van der Waals surface area (Å²) in [5.41, 5.74) is 1.09. The van der Waals surface area contributed by atoms with Crippen LogP contribution in [-0.2, 0) is 14.3 Å². The molecule has 0 unspecified atom stereocenters. The van der Waals surface area contributed by atoms with Gasteiger partial charge < -0.3 is 10.1 Å². The van der Waals surface area contributed by atoms with E-state index in [0.29, 0.717) is 10.8 Å². The van der Waals surface area contributed by atoms with Gasteiger partial charge in [-0.15, -0.1) is 11.8 Å². The number of benzene rings is 1. The Labute approximate surface area is 143 Å². The van der Waals surface area contributed by atoms with Crippen LogP contribution in [0.25, 0.3) is 0 Å². The first kappa shape index (κ1) is 17.3. The Bertz CT molecular complexity index is 692. The third-order valence-electron chi connectivity index (χ3n) is 2.80. The van der Waals surface area contributed by atoms with Gasteiger partial charge in [0.15, 0.2) is 6.61 Å². The molecule has 0 atom stereocenters. The molecule has 7 heteroatoms. The van der Waals surface area contributed by atoms with Crippen LogP contribution in [0, 0.1) is 6.92 Å². The maximum absolute atomic E-state index is 11.7. The van der Waals surface area contributed by atoms with Crippen molar-refractivity contribution in [1.82, 2.24) is 4.98 Å². The number of hydrogen-bond donors (Lipinski definition) is 1. The van der Waals surface area contributed by atoms with E-state index >= 15 is 0 Å². The number of anilines is 1. The van der Waals surface area contributed by atoms with Gasteiger partial charge in [0, 0.05) is 11.1 Å². The van der Waals surface area contributed by atoms with Crippen LogP contribution in [0.2, 0.25) is 5.02 Å². The van der Waals surface area contributed by atoms with Crippen molar-refractivity contribution in [3.8, 4) is 0 Å². The Balaban J connectivity index is 1.72. The molecule has 0 spiro atoms. The van der Waals surface area contributed by atoms with Crippen molar-refractivity contribution in [3.05, 3.63) is 53.2 Å². The van der Waals surface area contributed by atoms with Crippen molar-refractivity contribution in [2.75, 3.05) is 17.7 Å². The van der Waals surface area contributed by atoms with Crippen LogP contribution < -0.4 is 5.32 Å². The molecule has 2 rings (SSSR count). The highest BCUT2D eigenvalue weighted by molar-refractivity contribution is 8.00. The second kappa shape index (κ2) is 8.55. The number of nitrogens with one attached hydrogen (secondary N) is 1. The molecule has 0 bridgehead atoms. The molecule has 5 nitrogen and oxygen atoms in total. The van der Waals surface area contributed by atoms with Crippen molar-refractivity contribution in [2.45, 2.75) is 11.8 Å². The molecule has 0 fully saturated rings. The molecule has 1 aromatic heterocycles. The summed E-state index contributed by atoms with van der Waals surface area (Å²) >= 11 is 7.08. The lowest BCUT2D eigenvalue weighted by molar-refractivity contribution is -0.144. The molecule has 1 N–H and O–H groups in total. The van der Waals surface area contributed by atoms with Gasteiger partial charge in [0.25, 0.3) is 5.91 Å². The predicted octanol–water partition coefficient (Wildman–Crippen LogP) is 3.32. The standard InChI is InChI=1S/C16H15ClN2O3S/c1-11-4-2-3-5-13(11)23-10-16(21)22-9-15(20)19-14-7-6-12(17)8-18-14/h2-8H,9-10H2,1H3,(H,18,19,20). The quantitative estimate of drug-likeness (QED) is 0.639. The number of aryl methyl sites for hydroxylation is 1. The molecule has 0 aliphatic heterocycles. The molecule has 1 heterocycles. The van der Waals surface area contributed by atoms with Gasteiger partial charge in [0.05, 0.1) is 10.8 Å². The summed E-state index contributed by atoms with van der Waals surface area (Å²) in [6.45, 7) is 1.62. The summed E-state index contributed by atoms with van der Waals surface area (Å²) in [5.74, 6) is -0.395. The van der Waals surface area contributed by atoms with E-state index in [0.717, 1.165) is 10.5 Å². The minimum Gasteiger partial charge on any atom is -0.455 e. The summed E-state index contributed by atoms with van der Waals surface area (Å²) in [4.78, 5) is 28.3. The molecule has 0 saturated heterocycles. The molecule has 0 aliphatic carbocycles. The lowest BCUT2D eigenvalue weighted by atomic mass is 10.2. The second-order valence-electron chi connectivity index (χ2n) is 4.62. The average Bonchev–Trinajstić information content (AvgIpc) is 2.54. The average molecular weight is 351 g/mol. The molecule has 23 heavy (non-hydrogen) atoms. The van der Waals surface area contributed by atoms with Crippen LogP contribution in [-0.4, -0.2) is 29.2 Å². The van der Waals surface area contributed by atoms with E-state index < -0.39 is 11.9 Å². The SMILES string of the molecule is Cc1ccccc1SCC(=O)OCC(=O)Nc1ccc(Cl)cn1. The van der Waals surface area contributed by atoms with Crippen LogP contribution >= 0.6 is 23.4 Å². The third-order valence-corrected chi connectivity index (χ3v) is 4.17. The van der Waals surface area contributed by atoms with Crippen LogP contribution in [0.1, 0.15) is 5.56 Å². The summed E-state index contributed by atoms with van der Waals surface area (Å²) in [5, 5.41) is 2.99. The zero-order valence-corrected chi connectivity index (χ0v) is 14.0. The van der Waals surface area contributed by atoms with E-state index in [4.69, 9.17) is 16.3 Å². The summed E-state index contributed by atoms with van der Waals surface area (Å²) in [7, 11) is 0. The number of amides is 1. The predicted molar refractivity (Wildman–Crippen MR) is 90.7 cm³/mol. The monoisotopic (exact) mass is 350 g/mol. The number of esters is 1. The van der Waals surface area contributed by atoms with E-state index in [1.54, 1.807) is 12.1 Å². The molecule has 0 saturated carbocycles. The molecule has 2 aromatic rings. The van der Waals surface area contributed by atoms with Crippen LogP contribution in [0.3, 0.4) is 0 Å². The molecule has 0 aliphatic rings. The summed E-state index contributed by atoms with van der Waals surface area (Å²) in [6.07, 6.45) is 1.42. The summed E-state index contributed by atoms with van der Waals surface area (Å²) in [6, 6.07) is 10.9. The number of rotatable bonds is 6. The number of aromatic nitrogens is 1. The third kappa shape index (κ3) is 5.92. The number of pyridine rings is 1. The maximum Gasteiger partial charge on any atom is 0.316 e. The van der Waals surface area contributed by atoms with Gasteiger partial charge in [-0.25, -0.2) is 4.98 Å². The Morgan fingerprint density at radius 2 is 2.04 bits per heavy atom. The van der Waals surface area contributed by atoms with Gasteiger partial charge in [-0.1, -0.05) is 29.8 Å². The van der Waals surface area contributed by atoms with Gasteiger partial charge in [-0.3, -0.25) is 9.59 Å². The first-order chi connectivity index (χ1) is 11.0. The van der Waals surface area contributed by atoms with E-state index in [1.807, 2.05) is 31.2 Å². The molecule has 1 amide bonds. The van der Waals surface area contributed by atoms with Gasteiger partial charge >= 0.3 is 5.97 Å². The zero-order valence-electron chi connectivity index (χ0n) is 12.4. The van der Waals surface area contributed by atoms with Gasteiger partial charge in [0.2, 0.25) is 0 Å². The highest BCUT2D eigenvalue weighted by atomic mass is 35.5. The smallest absolute Gasteiger partial charge is 0.316 e. The number of hydrogen-bond acceptors (Lipinski definition) is 5. The van der Waals surface area contributed by atoms with E-state index in [1.165, 1.54) is 18.0 Å². The fraction of sp³-hybridized carbons (Fsp3) is 0.188. The minimum absolute atomic E-state index is 0.150. The van der Waals surface area contributed by atoms with Crippen molar-refractivity contribution in [1.29, 1.82) is 0 Å². The number of halogens is 1. The highest BCUT2D eigenvalue weighted by Crippen LogP contribution is 2.21. The Morgan fingerprint density at radius 1 is 1.26 bits per heavy atom. The van der Waals surface area contributed by atoms with Crippen molar-refractivity contribution < 1.29 is 14.3 Å². The maximum atomic E-state index is 11.7. The molecule has 1 aromatic carbocycles. The molecule has 120 valence electrons. The van der Waals surface area contributed by atoms with Gasteiger partial charge in [-0.2, -0.15) is 0 Å². The number of carbonyl (C=O) groups is 2. The summed E-state index contributed by atoms with van der Waals surface area (Å²) < 4.78 is 4.94. The van der Waals surface area contributed by atoms with Crippen molar-refractivity contribution in [2.24, 2.45) is 0 Å². The highest BCUT2D eigenvalue weighted by Gasteiger charge is 2.09. The number of carbonyl (C=O) groups excluding carboxylic acids is 2. The van der Waals surface area contributed by atoms with E-state index in [2.05, 4.69) is 10.3 Å². The lowest BCUT2D eigenvalue weighted by Crippen LogP contribution is -2.22. The Kier molecular flexibility index (Phi) is 6.43. The van der Waals surface area contributed by atoms with Crippen molar-refractivity contribution >= 4 is 41.1 Å². The number of ether oxygens (including phenoxy) is 1. The van der Waals surface area contributed by atoms with E-state index in [-0.39, 0.29) is 12.4 Å². The van der Waals surface area contributed by atoms with Crippen LogP contribution in [0.15, 0.2) is 47.5 Å². The first-order valence-electron chi connectivity index (χ1n) is 6.80. The normalized spacial score (nSPS) is 10.2. The minimum atomic E-state index is -0.450. The largest absolute Gasteiger partial charge is 0.455 e. The topological polar surface area (TPSA) is 68.3 Å². The van der Waals surface area contributed by atoms with Gasteiger partial charge in [0.1, 0.15) is 5.82 Å². The second-order valence-corrected chi connectivity index (χ2v) is 6.08. The first-order valence-corrected chi connectivity index (χ1v) is 8.16. The van der Waals surface area contributed by atoms with Gasteiger partial charge in [-0.05, 0) is 30.7 Å². The van der Waals surface area contributed by atoms with Crippen molar-refractivity contribution in [3.63, 3.8) is 0 Å².